The minimum atomic E-state index is -0.671. The van der Waals surface area contributed by atoms with Crippen LogP contribution in [0.4, 0.5) is 10.1 Å². The lowest BCUT2D eigenvalue weighted by Crippen LogP contribution is -2.45. The van der Waals surface area contributed by atoms with Gasteiger partial charge < -0.3 is 15.0 Å². The van der Waals surface area contributed by atoms with E-state index < -0.39 is 30.2 Å². The molecular weight excluding hydrogens is 399 g/mol. The van der Waals surface area contributed by atoms with Crippen molar-refractivity contribution >= 4 is 35.1 Å². The van der Waals surface area contributed by atoms with Gasteiger partial charge in [0.2, 0.25) is 5.91 Å². The number of esters is 1. The molecule has 2 fully saturated rings. The van der Waals surface area contributed by atoms with Crippen LogP contribution in [0.25, 0.3) is 0 Å². The lowest BCUT2D eigenvalue weighted by atomic mass is 9.77. The van der Waals surface area contributed by atoms with Crippen LogP contribution in [0.2, 0.25) is 5.02 Å². The molecule has 29 heavy (non-hydrogen) atoms. The van der Waals surface area contributed by atoms with Gasteiger partial charge in [0.05, 0.1) is 11.6 Å². The van der Waals surface area contributed by atoms with Crippen LogP contribution in [0.3, 0.4) is 0 Å². The lowest BCUT2D eigenvalue weighted by Gasteiger charge is -2.39. The summed E-state index contributed by atoms with van der Waals surface area (Å²) >= 11 is 5.78. The molecule has 0 spiro atoms. The van der Waals surface area contributed by atoms with Crippen LogP contribution in [-0.4, -0.2) is 41.9 Å². The predicted molar refractivity (Wildman–Crippen MR) is 107 cm³/mol. The van der Waals surface area contributed by atoms with Gasteiger partial charge in [-0.05, 0) is 36.5 Å². The van der Waals surface area contributed by atoms with Gasteiger partial charge in [0, 0.05) is 24.0 Å². The topological polar surface area (TPSA) is 75.7 Å². The van der Waals surface area contributed by atoms with Gasteiger partial charge in [-0.3, -0.25) is 14.4 Å². The SMILES string of the molecule is C[C@@H]1[C@H](C)CCC[C@@H]1N1C[C@H](C(=O)OCC(=O)Nc2cc(Cl)ccc2F)CC1=O. The highest BCUT2D eigenvalue weighted by Crippen LogP contribution is 2.35. The molecule has 0 aromatic heterocycles. The zero-order valence-corrected chi connectivity index (χ0v) is 17.4. The van der Waals surface area contributed by atoms with Crippen molar-refractivity contribution in [1.82, 2.24) is 4.90 Å². The molecule has 1 heterocycles. The normalized spacial score (nSPS) is 27.0. The molecule has 1 aromatic carbocycles. The van der Waals surface area contributed by atoms with Gasteiger partial charge in [0.1, 0.15) is 5.82 Å². The van der Waals surface area contributed by atoms with Gasteiger partial charge in [-0.15, -0.1) is 0 Å². The van der Waals surface area contributed by atoms with Crippen molar-refractivity contribution in [2.24, 2.45) is 17.8 Å². The van der Waals surface area contributed by atoms with E-state index in [1.54, 1.807) is 0 Å². The number of amides is 2. The summed E-state index contributed by atoms with van der Waals surface area (Å²) in [7, 11) is 0. The number of nitrogens with zero attached hydrogens (tertiary/aromatic N) is 1. The molecule has 1 aromatic rings. The Hall–Kier alpha value is -2.15. The van der Waals surface area contributed by atoms with E-state index in [2.05, 4.69) is 19.2 Å². The number of hydrogen-bond acceptors (Lipinski definition) is 4. The third kappa shape index (κ3) is 5.07. The van der Waals surface area contributed by atoms with Crippen molar-refractivity contribution in [3.63, 3.8) is 0 Å². The van der Waals surface area contributed by atoms with Crippen molar-refractivity contribution < 1.29 is 23.5 Å². The summed E-state index contributed by atoms with van der Waals surface area (Å²) in [5.74, 6) is -1.58. The van der Waals surface area contributed by atoms with E-state index in [1.165, 1.54) is 12.1 Å². The summed E-state index contributed by atoms with van der Waals surface area (Å²) in [6, 6.07) is 3.92. The summed E-state index contributed by atoms with van der Waals surface area (Å²) in [6.07, 6.45) is 3.29. The molecule has 4 atom stereocenters. The molecule has 158 valence electrons. The van der Waals surface area contributed by atoms with Crippen LogP contribution in [0.1, 0.15) is 39.5 Å². The number of halogens is 2. The Bertz CT molecular complexity index is 803. The number of carbonyl (C=O) groups excluding carboxylic acids is 3. The smallest absolute Gasteiger partial charge is 0.311 e. The first-order valence-electron chi connectivity index (χ1n) is 9.97. The summed E-state index contributed by atoms with van der Waals surface area (Å²) in [5, 5.41) is 2.60. The minimum Gasteiger partial charge on any atom is -0.455 e. The number of benzene rings is 1. The quantitative estimate of drug-likeness (QED) is 0.732. The largest absolute Gasteiger partial charge is 0.455 e. The van der Waals surface area contributed by atoms with E-state index in [0.717, 1.165) is 25.3 Å². The third-order valence-corrected chi connectivity index (χ3v) is 6.34. The van der Waals surface area contributed by atoms with Crippen molar-refractivity contribution in [1.29, 1.82) is 0 Å². The fraction of sp³-hybridized carbons (Fsp3) is 0.571. The average Bonchev–Trinajstić information content (AvgIpc) is 3.06. The second-order valence-electron chi connectivity index (χ2n) is 8.06. The van der Waals surface area contributed by atoms with E-state index >= 15 is 0 Å². The van der Waals surface area contributed by atoms with Crippen LogP contribution >= 0.6 is 11.6 Å². The molecule has 1 saturated heterocycles. The Morgan fingerprint density at radius 2 is 2.07 bits per heavy atom. The van der Waals surface area contributed by atoms with Crippen molar-refractivity contribution in [2.45, 2.75) is 45.6 Å². The molecule has 2 aliphatic rings. The fourth-order valence-corrected chi connectivity index (χ4v) is 4.41. The molecule has 0 bridgehead atoms. The van der Waals surface area contributed by atoms with Crippen LogP contribution in [-0.2, 0) is 19.1 Å². The molecule has 1 N–H and O–H groups in total. The number of ether oxygens (including phenoxy) is 1. The first-order valence-corrected chi connectivity index (χ1v) is 10.3. The number of nitrogens with one attached hydrogen (secondary N) is 1. The second kappa shape index (κ2) is 9.11. The van der Waals surface area contributed by atoms with Crippen molar-refractivity contribution in [3.8, 4) is 0 Å². The monoisotopic (exact) mass is 424 g/mol. The maximum Gasteiger partial charge on any atom is 0.311 e. The maximum absolute atomic E-state index is 13.7. The predicted octanol–water partition coefficient (Wildman–Crippen LogP) is 3.63. The number of anilines is 1. The maximum atomic E-state index is 13.7. The van der Waals surface area contributed by atoms with Crippen LogP contribution in [0.15, 0.2) is 18.2 Å². The highest BCUT2D eigenvalue weighted by atomic mass is 35.5. The summed E-state index contributed by atoms with van der Waals surface area (Å²) in [4.78, 5) is 38.6. The Labute approximate surface area is 174 Å². The Kier molecular flexibility index (Phi) is 6.77. The number of rotatable bonds is 5. The van der Waals surface area contributed by atoms with Gasteiger partial charge in [-0.2, -0.15) is 0 Å². The molecule has 8 heteroatoms. The van der Waals surface area contributed by atoms with E-state index in [1.807, 2.05) is 4.90 Å². The molecule has 1 aliphatic heterocycles. The van der Waals surface area contributed by atoms with Crippen LogP contribution < -0.4 is 5.32 Å². The molecule has 1 aliphatic carbocycles. The molecular formula is C21H26ClFN2O4. The third-order valence-electron chi connectivity index (χ3n) is 6.10. The standard InChI is InChI=1S/C21H26ClFN2O4/c1-12-4-3-5-18(13(12)2)25-10-14(8-20(25)27)21(28)29-11-19(26)24-17-9-15(22)6-7-16(17)23/h6-7,9,12-14,18H,3-5,8,10-11H2,1-2H3,(H,24,26)/t12-,13-,14-,18+/m1/s1. The second-order valence-corrected chi connectivity index (χ2v) is 8.50. The Morgan fingerprint density at radius 1 is 1.31 bits per heavy atom. The van der Waals surface area contributed by atoms with Crippen LogP contribution in [0.5, 0.6) is 0 Å². The zero-order valence-electron chi connectivity index (χ0n) is 16.6. The van der Waals surface area contributed by atoms with E-state index in [-0.39, 0.29) is 29.1 Å². The van der Waals surface area contributed by atoms with Crippen LogP contribution in [0, 0.1) is 23.6 Å². The highest BCUT2D eigenvalue weighted by molar-refractivity contribution is 6.30. The number of likely N-dealkylation sites (tertiary alicyclic amines) is 1. The molecule has 0 unspecified atom stereocenters. The van der Waals surface area contributed by atoms with Gasteiger partial charge in [0.25, 0.3) is 5.91 Å². The van der Waals surface area contributed by atoms with Gasteiger partial charge in [-0.25, -0.2) is 4.39 Å². The minimum absolute atomic E-state index is 0.0386. The highest BCUT2D eigenvalue weighted by Gasteiger charge is 2.42. The van der Waals surface area contributed by atoms with E-state index in [9.17, 15) is 18.8 Å². The van der Waals surface area contributed by atoms with Gasteiger partial charge in [-0.1, -0.05) is 38.3 Å². The molecule has 2 amide bonds. The van der Waals surface area contributed by atoms with Crippen molar-refractivity contribution in [3.05, 3.63) is 29.0 Å². The first-order chi connectivity index (χ1) is 13.8. The first kappa shape index (κ1) is 21.6. The van der Waals surface area contributed by atoms with Gasteiger partial charge in [0.15, 0.2) is 6.61 Å². The summed E-state index contributed by atoms with van der Waals surface area (Å²) in [5.41, 5.74) is -0.0822. The molecule has 3 rings (SSSR count). The summed E-state index contributed by atoms with van der Waals surface area (Å²) < 4.78 is 18.7. The average molecular weight is 425 g/mol. The van der Waals surface area contributed by atoms with Crippen molar-refractivity contribution in [2.75, 3.05) is 18.5 Å². The van der Waals surface area contributed by atoms with E-state index in [4.69, 9.17) is 16.3 Å². The van der Waals surface area contributed by atoms with Gasteiger partial charge >= 0.3 is 5.97 Å². The fourth-order valence-electron chi connectivity index (χ4n) is 4.24. The molecule has 6 nitrogen and oxygen atoms in total. The lowest BCUT2D eigenvalue weighted by molar-refractivity contribution is -0.151. The molecule has 0 radical (unpaired) electrons. The Morgan fingerprint density at radius 3 is 2.83 bits per heavy atom. The number of carbonyl (C=O) groups is 3. The Balaban J connectivity index is 1.51. The summed E-state index contributed by atoms with van der Waals surface area (Å²) in [6.45, 7) is 4.13. The van der Waals surface area contributed by atoms with E-state index in [0.29, 0.717) is 18.4 Å². The molecule has 1 saturated carbocycles. The number of hydrogen-bond donors (Lipinski definition) is 1. The zero-order chi connectivity index (χ0) is 21.1.